The summed E-state index contributed by atoms with van der Waals surface area (Å²) < 4.78 is 0. The van der Waals surface area contributed by atoms with Crippen molar-refractivity contribution in [2.45, 2.75) is 64.3 Å². The van der Waals surface area contributed by atoms with Crippen molar-refractivity contribution in [3.05, 3.63) is 0 Å². The van der Waals surface area contributed by atoms with Gasteiger partial charge in [-0.1, -0.05) is 39.0 Å². The van der Waals surface area contributed by atoms with E-state index in [9.17, 15) is 0 Å². The minimum atomic E-state index is 0.554. The highest BCUT2D eigenvalue weighted by Crippen LogP contribution is 2.25. The highest BCUT2D eigenvalue weighted by atomic mass is 15.2. The van der Waals surface area contributed by atoms with E-state index in [4.69, 9.17) is 5.84 Å². The molecule has 3 N–H and O–H groups in total. The molecule has 1 aliphatic carbocycles. The van der Waals surface area contributed by atoms with Gasteiger partial charge in [0.05, 0.1) is 0 Å². The molecule has 1 rings (SSSR count). The van der Waals surface area contributed by atoms with Crippen LogP contribution < -0.4 is 11.3 Å². The van der Waals surface area contributed by atoms with Crippen molar-refractivity contribution in [3.8, 4) is 0 Å². The lowest BCUT2D eigenvalue weighted by molar-refractivity contribution is 0.281. The smallest absolute Gasteiger partial charge is 0.0236 e. The van der Waals surface area contributed by atoms with E-state index >= 15 is 0 Å². The van der Waals surface area contributed by atoms with Crippen molar-refractivity contribution in [3.63, 3.8) is 0 Å². The second-order valence-corrected chi connectivity index (χ2v) is 4.29. The van der Waals surface area contributed by atoms with Gasteiger partial charge in [0.25, 0.3) is 0 Å². The van der Waals surface area contributed by atoms with Crippen molar-refractivity contribution in [2.75, 3.05) is 0 Å². The van der Waals surface area contributed by atoms with Crippen LogP contribution in [0.3, 0.4) is 0 Å². The van der Waals surface area contributed by atoms with E-state index in [0.29, 0.717) is 6.04 Å². The largest absolute Gasteiger partial charge is 0.271 e. The van der Waals surface area contributed by atoms with Gasteiger partial charge < -0.3 is 0 Å². The maximum atomic E-state index is 5.55. The average Bonchev–Trinajstić information content (AvgIpc) is 2.09. The first kappa shape index (κ1) is 11.0. The zero-order valence-corrected chi connectivity index (χ0v) is 8.89. The van der Waals surface area contributed by atoms with Gasteiger partial charge in [0.1, 0.15) is 0 Å². The van der Waals surface area contributed by atoms with Crippen LogP contribution in [0.2, 0.25) is 0 Å². The molecule has 0 radical (unpaired) electrons. The Hall–Kier alpha value is -0.0800. The first-order chi connectivity index (χ1) is 6.38. The zero-order chi connectivity index (χ0) is 9.52. The van der Waals surface area contributed by atoms with Gasteiger partial charge in [-0.05, 0) is 25.2 Å². The Kier molecular flexibility index (Phi) is 5.40. The molecule has 78 valence electrons. The summed E-state index contributed by atoms with van der Waals surface area (Å²) in [5.41, 5.74) is 2.97. The number of hydrogen-bond acceptors (Lipinski definition) is 2. The lowest BCUT2D eigenvalue weighted by atomic mass is 9.85. The maximum absolute atomic E-state index is 5.55. The molecule has 0 aromatic carbocycles. The summed E-state index contributed by atoms with van der Waals surface area (Å²) in [6, 6.07) is 0.554. The van der Waals surface area contributed by atoms with Crippen molar-refractivity contribution >= 4 is 0 Å². The van der Waals surface area contributed by atoms with E-state index in [2.05, 4.69) is 12.3 Å². The molecule has 0 amide bonds. The van der Waals surface area contributed by atoms with E-state index in [1.54, 1.807) is 0 Å². The molecular weight excluding hydrogens is 160 g/mol. The number of nitrogens with two attached hydrogens (primary N) is 1. The topological polar surface area (TPSA) is 38.0 Å². The van der Waals surface area contributed by atoms with Gasteiger partial charge in [-0.15, -0.1) is 0 Å². The first-order valence-electron chi connectivity index (χ1n) is 5.84. The van der Waals surface area contributed by atoms with Gasteiger partial charge in [0, 0.05) is 6.04 Å². The lowest BCUT2D eigenvalue weighted by Gasteiger charge is -2.27. The molecule has 0 aromatic rings. The Morgan fingerprint density at radius 2 is 1.69 bits per heavy atom. The minimum Gasteiger partial charge on any atom is -0.271 e. The summed E-state index contributed by atoms with van der Waals surface area (Å²) in [6.45, 7) is 2.23. The molecule has 0 saturated heterocycles. The van der Waals surface area contributed by atoms with Crippen LogP contribution in [0.4, 0.5) is 0 Å². The number of hydrazine groups is 1. The highest BCUT2D eigenvalue weighted by molar-refractivity contribution is 4.74. The molecule has 0 aliphatic heterocycles. The Balaban J connectivity index is 2.35. The molecule has 1 aliphatic rings. The van der Waals surface area contributed by atoms with Crippen LogP contribution >= 0.6 is 0 Å². The molecule has 1 unspecified atom stereocenters. The Morgan fingerprint density at radius 1 is 1.15 bits per heavy atom. The fourth-order valence-electron chi connectivity index (χ4n) is 2.48. The van der Waals surface area contributed by atoms with E-state index in [1.807, 2.05) is 0 Å². The number of nitrogens with one attached hydrogen (secondary N) is 1. The van der Waals surface area contributed by atoms with Gasteiger partial charge in [0.2, 0.25) is 0 Å². The van der Waals surface area contributed by atoms with Crippen molar-refractivity contribution in [1.29, 1.82) is 0 Å². The molecule has 1 fully saturated rings. The molecule has 2 nitrogen and oxygen atoms in total. The van der Waals surface area contributed by atoms with Crippen LogP contribution in [0.25, 0.3) is 0 Å². The third kappa shape index (κ3) is 3.65. The fraction of sp³-hybridized carbons (Fsp3) is 1.00. The van der Waals surface area contributed by atoms with E-state index < -0.39 is 0 Å². The van der Waals surface area contributed by atoms with Crippen molar-refractivity contribution in [1.82, 2.24) is 5.43 Å². The van der Waals surface area contributed by atoms with Gasteiger partial charge >= 0.3 is 0 Å². The summed E-state index contributed by atoms with van der Waals surface area (Å²) >= 11 is 0. The molecule has 1 atom stereocenters. The van der Waals surface area contributed by atoms with Crippen LogP contribution in [0.15, 0.2) is 0 Å². The second-order valence-electron chi connectivity index (χ2n) is 4.29. The normalized spacial score (nSPS) is 23.5. The molecule has 1 saturated carbocycles. The summed E-state index contributed by atoms with van der Waals surface area (Å²) in [4.78, 5) is 0. The van der Waals surface area contributed by atoms with Gasteiger partial charge in [0.15, 0.2) is 0 Å². The second kappa shape index (κ2) is 6.39. The van der Waals surface area contributed by atoms with Crippen LogP contribution in [-0.4, -0.2) is 6.04 Å². The summed E-state index contributed by atoms with van der Waals surface area (Å²) in [5.74, 6) is 6.38. The van der Waals surface area contributed by atoms with Crippen LogP contribution in [0.5, 0.6) is 0 Å². The van der Waals surface area contributed by atoms with Gasteiger partial charge in [-0.2, -0.15) is 0 Å². The quantitative estimate of drug-likeness (QED) is 0.522. The highest BCUT2D eigenvalue weighted by Gasteiger charge is 2.18. The third-order valence-electron chi connectivity index (χ3n) is 3.37. The Morgan fingerprint density at radius 3 is 2.15 bits per heavy atom. The molecule has 0 aromatic heterocycles. The standard InChI is InChI=1S/C11H24N2/c1-2-11(13-12)10-8-6-4-3-5-7-9-10/h10-11,13H,2-9,12H2,1H3. The van der Waals surface area contributed by atoms with E-state index in [1.165, 1.54) is 51.4 Å². The first-order valence-corrected chi connectivity index (χ1v) is 5.84. The molecule has 0 heterocycles. The monoisotopic (exact) mass is 184 g/mol. The zero-order valence-electron chi connectivity index (χ0n) is 8.89. The Labute approximate surface area is 82.2 Å². The number of hydrogen-bond donors (Lipinski definition) is 2. The summed E-state index contributed by atoms with van der Waals surface area (Å²) in [6.07, 6.45) is 11.0. The third-order valence-corrected chi connectivity index (χ3v) is 3.37. The predicted molar refractivity (Wildman–Crippen MR) is 57.2 cm³/mol. The van der Waals surface area contributed by atoms with Gasteiger partial charge in [-0.25, -0.2) is 0 Å². The SMILES string of the molecule is CCC(NN)C1CCCCCCC1. The van der Waals surface area contributed by atoms with Crippen LogP contribution in [0.1, 0.15) is 58.3 Å². The molecule has 13 heavy (non-hydrogen) atoms. The van der Waals surface area contributed by atoms with Crippen molar-refractivity contribution < 1.29 is 0 Å². The maximum Gasteiger partial charge on any atom is 0.0236 e. The van der Waals surface area contributed by atoms with Crippen LogP contribution in [0, 0.1) is 5.92 Å². The summed E-state index contributed by atoms with van der Waals surface area (Å²) in [5, 5.41) is 0. The molecule has 2 heteroatoms. The summed E-state index contributed by atoms with van der Waals surface area (Å²) in [7, 11) is 0. The molecule has 0 bridgehead atoms. The van der Waals surface area contributed by atoms with E-state index in [-0.39, 0.29) is 0 Å². The molecule has 0 spiro atoms. The average molecular weight is 184 g/mol. The predicted octanol–water partition coefficient (Wildman–Crippen LogP) is 2.59. The minimum absolute atomic E-state index is 0.554. The Bertz CT molecular complexity index is 113. The lowest BCUT2D eigenvalue weighted by Crippen LogP contribution is -2.40. The van der Waals surface area contributed by atoms with Crippen LogP contribution in [-0.2, 0) is 0 Å². The fourth-order valence-corrected chi connectivity index (χ4v) is 2.48. The van der Waals surface area contributed by atoms with Crippen molar-refractivity contribution in [2.24, 2.45) is 11.8 Å². The van der Waals surface area contributed by atoms with Gasteiger partial charge in [-0.3, -0.25) is 11.3 Å². The number of rotatable bonds is 3. The molecular formula is C11H24N2. The van der Waals surface area contributed by atoms with E-state index in [0.717, 1.165) is 5.92 Å².